The minimum Gasteiger partial charge on any atom is -0.462 e. The van der Waals surface area contributed by atoms with Crippen LogP contribution in [0, 0.1) is 11.8 Å². The van der Waals surface area contributed by atoms with Crippen molar-refractivity contribution < 1.29 is 80.2 Å². The van der Waals surface area contributed by atoms with E-state index in [1.165, 1.54) is 225 Å². The van der Waals surface area contributed by atoms with E-state index in [1.807, 2.05) is 0 Å². The van der Waals surface area contributed by atoms with E-state index >= 15 is 0 Å². The maximum Gasteiger partial charge on any atom is 0.472 e. The van der Waals surface area contributed by atoms with Crippen LogP contribution in [0.4, 0.5) is 0 Å². The van der Waals surface area contributed by atoms with Crippen molar-refractivity contribution in [1.29, 1.82) is 0 Å². The standard InChI is InChI=1S/C78H152O17P2/c1-7-10-12-14-16-18-29-38-44-50-56-62-77(82)94-73(66-88-75(80)60-54-48-42-36-19-17-15-13-11-8-2)68-92-96(84,85)90-64-72(79)65-91-97(86,87)93-69-74(95-78(83)63-57-51-45-39-33-28-22-20-21-25-30-34-40-46-52-58-70(4)5)67-89-76(81)61-55-49-43-37-32-27-24-23-26-31-35-41-47-53-59-71(6)9-3/h70-74,79H,7-69H2,1-6H3,(H,84,85)(H,86,87)/t71?,72-,73+,74+/m0/s1. The Balaban J connectivity index is 5.22. The number of hydrogen-bond donors (Lipinski definition) is 3. The van der Waals surface area contributed by atoms with Gasteiger partial charge in [-0.2, -0.15) is 0 Å². The molecule has 6 atom stereocenters. The SMILES string of the molecule is CCCCCCCCCCCCCC(=O)O[C@H](COC(=O)CCCCCCCCCCCC)COP(=O)(O)OC[C@H](O)COP(=O)(O)OC[C@@H](COC(=O)CCCCCCCCCCCCCCCCC(C)CC)OC(=O)CCCCCCCCCCCCCCCCCC(C)C. The van der Waals surface area contributed by atoms with Gasteiger partial charge in [0.25, 0.3) is 0 Å². The van der Waals surface area contributed by atoms with Gasteiger partial charge in [-0.15, -0.1) is 0 Å². The van der Waals surface area contributed by atoms with E-state index in [4.69, 9.17) is 37.0 Å². The molecule has 0 amide bonds. The van der Waals surface area contributed by atoms with Crippen LogP contribution < -0.4 is 0 Å². The maximum absolute atomic E-state index is 13.1. The summed E-state index contributed by atoms with van der Waals surface area (Å²) < 4.78 is 68.6. The lowest BCUT2D eigenvalue weighted by Gasteiger charge is -2.21. The summed E-state index contributed by atoms with van der Waals surface area (Å²) in [5.74, 6) is -0.459. The minimum atomic E-state index is -4.96. The van der Waals surface area contributed by atoms with Gasteiger partial charge in [0.1, 0.15) is 19.3 Å². The summed E-state index contributed by atoms with van der Waals surface area (Å²) in [6.45, 7) is 9.68. The number of ether oxygens (including phenoxy) is 4. The van der Waals surface area contributed by atoms with Gasteiger partial charge in [0, 0.05) is 25.7 Å². The van der Waals surface area contributed by atoms with Crippen molar-refractivity contribution in [1.82, 2.24) is 0 Å². The molecular weight excluding hydrogens is 1270 g/mol. The van der Waals surface area contributed by atoms with Crippen molar-refractivity contribution in [3.05, 3.63) is 0 Å². The normalized spacial score (nSPS) is 14.2. The molecule has 0 aromatic heterocycles. The number of phosphoric ester groups is 2. The van der Waals surface area contributed by atoms with Gasteiger partial charge in [0.2, 0.25) is 0 Å². The Bertz CT molecular complexity index is 1870. The zero-order valence-corrected chi connectivity index (χ0v) is 65.2. The Morgan fingerprint density at radius 1 is 0.299 bits per heavy atom. The van der Waals surface area contributed by atoms with Gasteiger partial charge in [0.05, 0.1) is 26.4 Å². The molecule has 0 bridgehead atoms. The van der Waals surface area contributed by atoms with Gasteiger partial charge >= 0.3 is 39.5 Å². The maximum atomic E-state index is 13.1. The minimum absolute atomic E-state index is 0.107. The first kappa shape index (κ1) is 95.1. The van der Waals surface area contributed by atoms with Crippen molar-refractivity contribution in [2.75, 3.05) is 39.6 Å². The molecule has 0 saturated heterocycles. The highest BCUT2D eigenvalue weighted by atomic mass is 31.2. The molecular formula is C78H152O17P2. The molecule has 576 valence electrons. The molecule has 0 heterocycles. The summed E-state index contributed by atoms with van der Waals surface area (Å²) in [5.41, 5.74) is 0. The summed E-state index contributed by atoms with van der Waals surface area (Å²) in [6, 6.07) is 0. The third kappa shape index (κ3) is 70.9. The first-order valence-electron chi connectivity index (χ1n) is 40.5. The highest BCUT2D eigenvalue weighted by molar-refractivity contribution is 7.47. The van der Waals surface area contributed by atoms with E-state index in [-0.39, 0.29) is 25.7 Å². The number of hydrogen-bond acceptors (Lipinski definition) is 15. The lowest BCUT2D eigenvalue weighted by molar-refractivity contribution is -0.161. The van der Waals surface area contributed by atoms with Crippen LogP contribution in [0.1, 0.15) is 408 Å². The summed E-state index contributed by atoms with van der Waals surface area (Å²) in [4.78, 5) is 72.8. The Morgan fingerprint density at radius 2 is 0.526 bits per heavy atom. The van der Waals surface area contributed by atoms with Crippen molar-refractivity contribution in [3.8, 4) is 0 Å². The molecule has 0 spiro atoms. The van der Waals surface area contributed by atoms with Crippen LogP contribution in [0.2, 0.25) is 0 Å². The van der Waals surface area contributed by atoms with Crippen LogP contribution in [0.3, 0.4) is 0 Å². The molecule has 0 aliphatic rings. The van der Waals surface area contributed by atoms with E-state index in [1.54, 1.807) is 0 Å². The van der Waals surface area contributed by atoms with E-state index < -0.39 is 97.5 Å². The van der Waals surface area contributed by atoms with Gasteiger partial charge in [-0.25, -0.2) is 9.13 Å². The second-order valence-corrected chi connectivity index (χ2v) is 31.7. The quantitative estimate of drug-likeness (QED) is 0.0222. The third-order valence-electron chi connectivity index (χ3n) is 18.6. The van der Waals surface area contributed by atoms with Crippen LogP contribution in [0.15, 0.2) is 0 Å². The van der Waals surface area contributed by atoms with E-state index in [0.717, 1.165) is 102 Å². The third-order valence-corrected chi connectivity index (χ3v) is 20.5. The number of aliphatic hydroxyl groups excluding tert-OH is 1. The predicted octanol–water partition coefficient (Wildman–Crippen LogP) is 23.1. The molecule has 3 N–H and O–H groups in total. The number of unbranched alkanes of at least 4 members (excludes halogenated alkanes) is 46. The average Bonchev–Trinajstić information content (AvgIpc) is 1.47. The van der Waals surface area contributed by atoms with Gasteiger partial charge in [-0.3, -0.25) is 37.3 Å². The fourth-order valence-electron chi connectivity index (χ4n) is 12.0. The predicted molar refractivity (Wildman–Crippen MR) is 395 cm³/mol. The molecule has 0 aromatic carbocycles. The number of phosphoric acid groups is 2. The number of aliphatic hydroxyl groups is 1. The highest BCUT2D eigenvalue weighted by Gasteiger charge is 2.30. The van der Waals surface area contributed by atoms with Gasteiger partial charge < -0.3 is 33.8 Å². The molecule has 17 nitrogen and oxygen atoms in total. The molecule has 0 aliphatic carbocycles. The molecule has 0 aliphatic heterocycles. The van der Waals surface area contributed by atoms with E-state index in [9.17, 15) is 43.2 Å². The summed E-state index contributed by atoms with van der Waals surface area (Å²) >= 11 is 0. The first-order valence-corrected chi connectivity index (χ1v) is 43.5. The second-order valence-electron chi connectivity index (χ2n) is 28.8. The number of carbonyl (C=O) groups excluding carboxylic acids is 4. The van der Waals surface area contributed by atoms with Crippen LogP contribution in [-0.2, 0) is 65.4 Å². The van der Waals surface area contributed by atoms with Crippen LogP contribution in [0.25, 0.3) is 0 Å². The first-order chi connectivity index (χ1) is 46.9. The fraction of sp³-hybridized carbons (Fsp3) is 0.949. The molecule has 0 fully saturated rings. The molecule has 0 radical (unpaired) electrons. The lowest BCUT2D eigenvalue weighted by atomic mass is 9.99. The Morgan fingerprint density at radius 3 is 0.784 bits per heavy atom. The van der Waals surface area contributed by atoms with Crippen molar-refractivity contribution in [3.63, 3.8) is 0 Å². The molecule has 97 heavy (non-hydrogen) atoms. The summed E-state index contributed by atoms with van der Waals surface area (Å²) in [7, 11) is -9.91. The topological polar surface area (TPSA) is 237 Å². The number of rotatable bonds is 77. The molecule has 19 heteroatoms. The largest absolute Gasteiger partial charge is 0.472 e. The monoisotopic (exact) mass is 1420 g/mol. The van der Waals surface area contributed by atoms with Crippen molar-refractivity contribution in [2.45, 2.75) is 426 Å². The van der Waals surface area contributed by atoms with Crippen molar-refractivity contribution in [2.24, 2.45) is 11.8 Å². The zero-order chi connectivity index (χ0) is 71.4. The van der Waals surface area contributed by atoms with Gasteiger partial charge in [-0.1, -0.05) is 356 Å². The average molecular weight is 1420 g/mol. The molecule has 0 aromatic rings. The Hall–Kier alpha value is -1.94. The molecule has 0 rings (SSSR count). The fourth-order valence-corrected chi connectivity index (χ4v) is 13.6. The molecule has 0 saturated carbocycles. The van der Waals surface area contributed by atoms with Gasteiger partial charge in [-0.05, 0) is 37.5 Å². The van der Waals surface area contributed by atoms with E-state index in [2.05, 4.69) is 41.5 Å². The van der Waals surface area contributed by atoms with Crippen LogP contribution in [-0.4, -0.2) is 96.7 Å². The lowest BCUT2D eigenvalue weighted by Crippen LogP contribution is -2.30. The summed E-state index contributed by atoms with van der Waals surface area (Å²) in [5, 5.41) is 10.6. The van der Waals surface area contributed by atoms with Gasteiger partial charge in [0.15, 0.2) is 12.2 Å². The van der Waals surface area contributed by atoms with Crippen molar-refractivity contribution >= 4 is 39.5 Å². The Labute approximate surface area is 594 Å². The number of carbonyl (C=O) groups is 4. The Kier molecular flexibility index (Phi) is 68.4. The smallest absolute Gasteiger partial charge is 0.462 e. The highest BCUT2D eigenvalue weighted by Crippen LogP contribution is 2.45. The zero-order valence-electron chi connectivity index (χ0n) is 63.4. The van der Waals surface area contributed by atoms with E-state index in [0.29, 0.717) is 25.7 Å². The second kappa shape index (κ2) is 69.8. The number of esters is 4. The van der Waals surface area contributed by atoms with Crippen LogP contribution in [0.5, 0.6) is 0 Å². The molecule has 3 unspecified atom stereocenters. The summed E-state index contributed by atoms with van der Waals surface area (Å²) in [6.07, 6.45) is 58.1. The van der Waals surface area contributed by atoms with Crippen LogP contribution >= 0.6 is 15.6 Å².